The van der Waals surface area contributed by atoms with Gasteiger partial charge in [0.1, 0.15) is 5.82 Å². The fourth-order valence-corrected chi connectivity index (χ4v) is 1.74. The van der Waals surface area contributed by atoms with Crippen molar-refractivity contribution in [2.24, 2.45) is 0 Å². The Kier molecular flexibility index (Phi) is 2.19. The summed E-state index contributed by atoms with van der Waals surface area (Å²) >= 11 is 0. The molecule has 0 spiro atoms. The van der Waals surface area contributed by atoms with Gasteiger partial charge in [0.05, 0.1) is 17.6 Å². The fourth-order valence-electron chi connectivity index (χ4n) is 1.74. The maximum Gasteiger partial charge on any atom is 0.307 e. The number of imidazole rings is 1. The van der Waals surface area contributed by atoms with Crippen LogP contribution in [0.4, 0.5) is 0 Å². The van der Waals surface area contributed by atoms with E-state index in [1.54, 1.807) is 0 Å². The molecule has 2 aromatic rings. The van der Waals surface area contributed by atoms with E-state index >= 15 is 0 Å². The lowest BCUT2D eigenvalue weighted by atomic mass is 10.2. The normalized spacial score (nSPS) is 10.8. The van der Waals surface area contributed by atoms with Crippen LogP contribution in [0.1, 0.15) is 17.1 Å². The summed E-state index contributed by atoms with van der Waals surface area (Å²) in [4.78, 5) is 14.9. The molecule has 15 heavy (non-hydrogen) atoms. The van der Waals surface area contributed by atoms with E-state index in [1.807, 2.05) is 36.6 Å². The van der Waals surface area contributed by atoms with Crippen LogP contribution in [-0.2, 0) is 11.2 Å². The van der Waals surface area contributed by atoms with Gasteiger partial charge in [-0.2, -0.15) is 0 Å². The zero-order valence-corrected chi connectivity index (χ0v) is 8.69. The van der Waals surface area contributed by atoms with Gasteiger partial charge in [-0.05, 0) is 31.5 Å². The van der Waals surface area contributed by atoms with Crippen LogP contribution < -0.4 is 0 Å². The highest BCUT2D eigenvalue weighted by atomic mass is 16.4. The number of hydrogen-bond donors (Lipinski definition) is 1. The van der Waals surface area contributed by atoms with Gasteiger partial charge in [0, 0.05) is 6.20 Å². The Hall–Kier alpha value is -1.84. The minimum atomic E-state index is -0.812. The van der Waals surface area contributed by atoms with Crippen molar-refractivity contribution in [3.8, 4) is 0 Å². The quantitative estimate of drug-likeness (QED) is 0.808. The molecule has 4 heteroatoms. The summed E-state index contributed by atoms with van der Waals surface area (Å²) in [6, 6.07) is 3.69. The SMILES string of the molecule is Cc1nc(C)n2ccc(CC(=O)O)cc12. The highest BCUT2D eigenvalue weighted by molar-refractivity contribution is 5.71. The largest absolute Gasteiger partial charge is 0.481 e. The number of fused-ring (bicyclic) bond motifs is 1. The molecule has 0 aliphatic heterocycles. The van der Waals surface area contributed by atoms with Crippen LogP contribution in [-0.4, -0.2) is 20.5 Å². The zero-order valence-electron chi connectivity index (χ0n) is 8.69. The van der Waals surface area contributed by atoms with Crippen molar-refractivity contribution in [2.45, 2.75) is 20.3 Å². The van der Waals surface area contributed by atoms with Gasteiger partial charge >= 0.3 is 5.97 Å². The molecule has 4 nitrogen and oxygen atoms in total. The number of nitrogens with zero attached hydrogens (tertiary/aromatic N) is 2. The Balaban J connectivity index is 2.55. The number of aryl methyl sites for hydroxylation is 2. The third kappa shape index (κ3) is 1.70. The van der Waals surface area contributed by atoms with E-state index in [1.165, 1.54) is 0 Å². The molecular formula is C11H12N2O2. The first-order valence-electron chi connectivity index (χ1n) is 4.74. The van der Waals surface area contributed by atoms with E-state index in [9.17, 15) is 4.79 Å². The van der Waals surface area contributed by atoms with Gasteiger partial charge in [-0.1, -0.05) is 0 Å². The first kappa shape index (κ1) is 9.71. The summed E-state index contributed by atoms with van der Waals surface area (Å²) in [6.07, 6.45) is 1.92. The van der Waals surface area contributed by atoms with Gasteiger partial charge in [-0.15, -0.1) is 0 Å². The number of pyridine rings is 1. The Morgan fingerprint density at radius 3 is 2.93 bits per heavy atom. The molecule has 78 valence electrons. The van der Waals surface area contributed by atoms with Gasteiger partial charge in [0.2, 0.25) is 0 Å². The minimum absolute atomic E-state index is 0.0557. The summed E-state index contributed by atoms with van der Waals surface area (Å²) in [6.45, 7) is 3.85. The van der Waals surface area contributed by atoms with Crippen molar-refractivity contribution in [1.29, 1.82) is 0 Å². The number of aromatic nitrogens is 2. The lowest BCUT2D eigenvalue weighted by Gasteiger charge is -2.00. The van der Waals surface area contributed by atoms with Crippen LogP contribution in [0.3, 0.4) is 0 Å². The van der Waals surface area contributed by atoms with E-state index in [-0.39, 0.29) is 6.42 Å². The molecule has 0 saturated carbocycles. The molecule has 0 aromatic carbocycles. The molecule has 0 radical (unpaired) electrons. The standard InChI is InChI=1S/C11H12N2O2/c1-7-10-5-9(6-11(14)15)3-4-13(10)8(2)12-7/h3-5H,6H2,1-2H3,(H,14,15). The van der Waals surface area contributed by atoms with E-state index in [0.717, 1.165) is 22.6 Å². The Labute approximate surface area is 87.2 Å². The van der Waals surface area contributed by atoms with Gasteiger partial charge in [-0.25, -0.2) is 4.98 Å². The number of carboxylic acid groups (broad SMARTS) is 1. The van der Waals surface area contributed by atoms with Gasteiger partial charge in [0.15, 0.2) is 0 Å². The summed E-state index contributed by atoms with van der Waals surface area (Å²) in [5, 5.41) is 8.69. The summed E-state index contributed by atoms with van der Waals surface area (Å²) in [7, 11) is 0. The molecule has 2 rings (SSSR count). The smallest absolute Gasteiger partial charge is 0.307 e. The second-order valence-corrected chi connectivity index (χ2v) is 3.61. The second kappa shape index (κ2) is 3.38. The number of rotatable bonds is 2. The lowest BCUT2D eigenvalue weighted by molar-refractivity contribution is -0.136. The summed E-state index contributed by atoms with van der Waals surface area (Å²) < 4.78 is 1.96. The summed E-state index contributed by atoms with van der Waals surface area (Å²) in [5.41, 5.74) is 2.71. The van der Waals surface area contributed by atoms with Gasteiger partial charge < -0.3 is 9.51 Å². The van der Waals surface area contributed by atoms with Crippen molar-refractivity contribution < 1.29 is 9.90 Å². The Morgan fingerprint density at radius 1 is 1.53 bits per heavy atom. The lowest BCUT2D eigenvalue weighted by Crippen LogP contribution is -2.00. The first-order valence-corrected chi connectivity index (χ1v) is 4.74. The number of carboxylic acids is 1. The number of aliphatic carboxylic acids is 1. The van der Waals surface area contributed by atoms with Crippen LogP contribution in [0, 0.1) is 13.8 Å². The van der Waals surface area contributed by atoms with Crippen LogP contribution in [0.5, 0.6) is 0 Å². The molecule has 0 saturated heterocycles. The van der Waals surface area contributed by atoms with Gasteiger partial charge in [-0.3, -0.25) is 4.79 Å². The maximum absolute atomic E-state index is 10.6. The molecule has 0 aliphatic carbocycles. The predicted molar refractivity (Wildman–Crippen MR) is 56.0 cm³/mol. The molecule has 1 N–H and O–H groups in total. The topological polar surface area (TPSA) is 54.6 Å². The van der Waals surface area contributed by atoms with Crippen LogP contribution >= 0.6 is 0 Å². The van der Waals surface area contributed by atoms with Gasteiger partial charge in [0.25, 0.3) is 0 Å². The molecule has 0 aliphatic rings. The van der Waals surface area contributed by atoms with E-state index in [0.29, 0.717) is 0 Å². The van der Waals surface area contributed by atoms with Crippen LogP contribution in [0.25, 0.3) is 5.52 Å². The average molecular weight is 204 g/mol. The summed E-state index contributed by atoms with van der Waals surface area (Å²) in [5.74, 6) is 0.109. The number of hydrogen-bond acceptors (Lipinski definition) is 2. The van der Waals surface area contributed by atoms with Crippen molar-refractivity contribution in [3.63, 3.8) is 0 Å². The fraction of sp³-hybridized carbons (Fsp3) is 0.273. The van der Waals surface area contributed by atoms with Crippen molar-refractivity contribution >= 4 is 11.5 Å². The average Bonchev–Trinajstić information content (AvgIpc) is 2.41. The van der Waals surface area contributed by atoms with E-state index < -0.39 is 5.97 Å². The van der Waals surface area contributed by atoms with Crippen LogP contribution in [0.2, 0.25) is 0 Å². The predicted octanol–water partition coefficient (Wildman–Crippen LogP) is 1.58. The first-order chi connectivity index (χ1) is 7.08. The monoisotopic (exact) mass is 204 g/mol. The van der Waals surface area contributed by atoms with Crippen molar-refractivity contribution in [1.82, 2.24) is 9.38 Å². The third-order valence-corrected chi connectivity index (χ3v) is 2.42. The maximum atomic E-state index is 10.6. The molecule has 0 bridgehead atoms. The highest BCUT2D eigenvalue weighted by Crippen LogP contribution is 2.14. The van der Waals surface area contributed by atoms with E-state index in [2.05, 4.69) is 4.98 Å². The molecular weight excluding hydrogens is 192 g/mol. The second-order valence-electron chi connectivity index (χ2n) is 3.61. The van der Waals surface area contributed by atoms with E-state index in [4.69, 9.17) is 5.11 Å². The Bertz CT molecular complexity index is 529. The van der Waals surface area contributed by atoms with Crippen molar-refractivity contribution in [2.75, 3.05) is 0 Å². The molecule has 0 atom stereocenters. The van der Waals surface area contributed by atoms with Crippen molar-refractivity contribution in [3.05, 3.63) is 35.4 Å². The highest BCUT2D eigenvalue weighted by Gasteiger charge is 2.06. The van der Waals surface area contributed by atoms with Crippen LogP contribution in [0.15, 0.2) is 18.3 Å². The number of carbonyl (C=O) groups is 1. The molecule has 2 aromatic heterocycles. The third-order valence-electron chi connectivity index (χ3n) is 2.42. The zero-order chi connectivity index (χ0) is 11.0. The minimum Gasteiger partial charge on any atom is -0.481 e. The Morgan fingerprint density at radius 2 is 2.27 bits per heavy atom. The molecule has 0 fully saturated rings. The molecule has 2 heterocycles. The molecule has 0 unspecified atom stereocenters. The molecule has 0 amide bonds.